The summed E-state index contributed by atoms with van der Waals surface area (Å²) >= 11 is 0. The van der Waals surface area contributed by atoms with Crippen molar-refractivity contribution in [3.63, 3.8) is 0 Å². The molecule has 0 aliphatic carbocycles. The van der Waals surface area contributed by atoms with Gasteiger partial charge >= 0.3 is 0 Å². The minimum absolute atomic E-state index is 0.248. The van der Waals surface area contributed by atoms with Crippen molar-refractivity contribution >= 4 is 22.6 Å². The monoisotopic (exact) mass is 402 g/mol. The van der Waals surface area contributed by atoms with E-state index in [0.717, 1.165) is 11.3 Å². The summed E-state index contributed by atoms with van der Waals surface area (Å²) in [6.07, 6.45) is 1.68. The Bertz CT molecular complexity index is 1200. The number of pyridine rings is 1. The summed E-state index contributed by atoms with van der Waals surface area (Å²) in [6.45, 7) is 2.65. The minimum atomic E-state index is -0.248. The van der Waals surface area contributed by atoms with Gasteiger partial charge in [0.15, 0.2) is 17.1 Å². The summed E-state index contributed by atoms with van der Waals surface area (Å²) in [4.78, 5) is 18.0. The molecule has 2 aromatic carbocycles. The van der Waals surface area contributed by atoms with Gasteiger partial charge in [-0.3, -0.25) is 4.79 Å². The smallest absolute Gasteiger partial charge is 0.256 e. The first kappa shape index (κ1) is 19.4. The molecule has 0 aliphatic rings. The highest BCUT2D eigenvalue weighted by atomic mass is 16.5. The molecule has 0 bridgehead atoms. The average molecular weight is 402 g/mol. The number of benzene rings is 2. The van der Waals surface area contributed by atoms with E-state index in [0.29, 0.717) is 40.3 Å². The van der Waals surface area contributed by atoms with E-state index >= 15 is 0 Å². The largest absolute Gasteiger partial charge is 0.493 e. The van der Waals surface area contributed by atoms with Crippen LogP contribution in [0, 0.1) is 0 Å². The Morgan fingerprint density at radius 3 is 2.50 bits per heavy atom. The third-order valence-electron chi connectivity index (χ3n) is 4.86. The third-order valence-corrected chi connectivity index (χ3v) is 4.86. The van der Waals surface area contributed by atoms with E-state index in [2.05, 4.69) is 10.4 Å². The zero-order valence-corrected chi connectivity index (χ0v) is 17.0. The molecule has 1 amide bonds. The summed E-state index contributed by atoms with van der Waals surface area (Å²) in [7, 11) is 3.13. The molecule has 0 saturated heterocycles. The van der Waals surface area contributed by atoms with Gasteiger partial charge in [0, 0.05) is 23.9 Å². The highest BCUT2D eigenvalue weighted by Gasteiger charge is 2.18. The van der Waals surface area contributed by atoms with Crippen molar-refractivity contribution < 1.29 is 14.3 Å². The van der Waals surface area contributed by atoms with Gasteiger partial charge in [0.25, 0.3) is 5.91 Å². The number of methoxy groups -OCH3 is 2. The lowest BCUT2D eigenvalue weighted by molar-refractivity contribution is 0.102. The molecule has 0 radical (unpaired) electrons. The third kappa shape index (κ3) is 3.57. The number of anilines is 1. The molecule has 4 rings (SSSR count). The summed E-state index contributed by atoms with van der Waals surface area (Å²) in [6, 6.07) is 16.8. The van der Waals surface area contributed by atoms with Gasteiger partial charge in [-0.2, -0.15) is 5.10 Å². The van der Waals surface area contributed by atoms with Gasteiger partial charge in [-0.05, 0) is 25.1 Å². The van der Waals surface area contributed by atoms with Crippen molar-refractivity contribution in [3.8, 4) is 22.8 Å². The number of rotatable bonds is 6. The SMILES string of the molecule is CCn1ncc2c(C(=O)Nc3ccc(OC)c(OC)c3)cc(-c3ccccc3)nc21. The van der Waals surface area contributed by atoms with Crippen molar-refractivity contribution in [2.75, 3.05) is 19.5 Å². The molecule has 4 aromatic rings. The Morgan fingerprint density at radius 2 is 1.80 bits per heavy atom. The Balaban J connectivity index is 1.77. The molecule has 7 nitrogen and oxygen atoms in total. The maximum absolute atomic E-state index is 13.2. The lowest BCUT2D eigenvalue weighted by Gasteiger charge is -2.12. The molecule has 0 fully saturated rings. The van der Waals surface area contributed by atoms with Gasteiger partial charge < -0.3 is 14.8 Å². The fourth-order valence-electron chi connectivity index (χ4n) is 3.34. The van der Waals surface area contributed by atoms with E-state index in [-0.39, 0.29) is 5.91 Å². The quantitative estimate of drug-likeness (QED) is 0.518. The van der Waals surface area contributed by atoms with Crippen LogP contribution in [0.5, 0.6) is 11.5 Å². The topological polar surface area (TPSA) is 78.3 Å². The number of nitrogens with zero attached hydrogens (tertiary/aromatic N) is 3. The fraction of sp³-hybridized carbons (Fsp3) is 0.174. The Labute approximate surface area is 174 Å². The highest BCUT2D eigenvalue weighted by molar-refractivity contribution is 6.12. The predicted octanol–water partition coefficient (Wildman–Crippen LogP) is 4.39. The van der Waals surface area contributed by atoms with Crippen LogP contribution >= 0.6 is 0 Å². The van der Waals surface area contributed by atoms with Crippen LogP contribution in [0.4, 0.5) is 5.69 Å². The maximum atomic E-state index is 13.2. The second kappa shape index (κ2) is 8.24. The van der Waals surface area contributed by atoms with Crippen LogP contribution in [-0.2, 0) is 6.54 Å². The van der Waals surface area contributed by atoms with E-state index in [1.807, 2.05) is 37.3 Å². The van der Waals surface area contributed by atoms with E-state index in [1.54, 1.807) is 49.4 Å². The summed E-state index contributed by atoms with van der Waals surface area (Å²) < 4.78 is 12.4. The highest BCUT2D eigenvalue weighted by Crippen LogP contribution is 2.31. The molecule has 0 unspecified atom stereocenters. The number of fused-ring (bicyclic) bond motifs is 1. The molecule has 1 N–H and O–H groups in total. The lowest BCUT2D eigenvalue weighted by Crippen LogP contribution is -2.13. The van der Waals surface area contributed by atoms with Gasteiger partial charge in [-0.1, -0.05) is 30.3 Å². The summed E-state index contributed by atoms with van der Waals surface area (Å²) in [5.41, 5.74) is 3.44. The zero-order chi connectivity index (χ0) is 21.1. The van der Waals surface area contributed by atoms with Crippen molar-refractivity contribution in [1.82, 2.24) is 14.8 Å². The van der Waals surface area contributed by atoms with Crippen LogP contribution in [0.25, 0.3) is 22.3 Å². The van der Waals surface area contributed by atoms with Crippen LogP contribution in [0.3, 0.4) is 0 Å². The molecule has 0 aliphatic heterocycles. The van der Waals surface area contributed by atoms with Crippen LogP contribution in [-0.4, -0.2) is 34.9 Å². The second-order valence-electron chi connectivity index (χ2n) is 6.64. The van der Waals surface area contributed by atoms with E-state index in [9.17, 15) is 4.79 Å². The molecular formula is C23H22N4O3. The molecular weight excluding hydrogens is 380 g/mol. The molecule has 0 atom stereocenters. The van der Waals surface area contributed by atoms with Crippen molar-refractivity contribution in [2.45, 2.75) is 13.5 Å². The number of aryl methyl sites for hydroxylation is 1. The van der Waals surface area contributed by atoms with E-state index in [1.165, 1.54) is 0 Å². The number of hydrogen-bond acceptors (Lipinski definition) is 5. The van der Waals surface area contributed by atoms with Gasteiger partial charge in [-0.15, -0.1) is 0 Å². The average Bonchev–Trinajstić information content (AvgIpc) is 3.22. The minimum Gasteiger partial charge on any atom is -0.493 e. The Hall–Kier alpha value is -3.87. The fourth-order valence-corrected chi connectivity index (χ4v) is 3.34. The van der Waals surface area contributed by atoms with Crippen molar-refractivity contribution in [3.05, 3.63) is 66.4 Å². The first-order valence-corrected chi connectivity index (χ1v) is 9.60. The van der Waals surface area contributed by atoms with E-state index < -0.39 is 0 Å². The van der Waals surface area contributed by atoms with Gasteiger partial charge in [0.1, 0.15) is 0 Å². The molecule has 2 heterocycles. The number of aromatic nitrogens is 3. The lowest BCUT2D eigenvalue weighted by atomic mass is 10.1. The van der Waals surface area contributed by atoms with Crippen LogP contribution in [0.1, 0.15) is 17.3 Å². The summed E-state index contributed by atoms with van der Waals surface area (Å²) in [5.74, 6) is 0.888. The molecule has 0 spiro atoms. The van der Waals surface area contributed by atoms with Gasteiger partial charge in [0.2, 0.25) is 0 Å². The Kier molecular flexibility index (Phi) is 5.34. The first-order valence-electron chi connectivity index (χ1n) is 9.60. The molecule has 2 aromatic heterocycles. The number of carbonyl (C=O) groups excluding carboxylic acids is 1. The molecule has 0 saturated carbocycles. The standard InChI is InChI=1S/C23H22N4O3/c1-4-27-22-18(14-24-27)17(13-19(26-22)15-8-6-5-7-9-15)23(28)25-16-10-11-20(29-2)21(12-16)30-3/h5-14H,4H2,1-3H3,(H,25,28). The molecule has 152 valence electrons. The predicted molar refractivity (Wildman–Crippen MR) is 116 cm³/mol. The summed E-state index contributed by atoms with van der Waals surface area (Å²) in [5, 5.41) is 8.03. The van der Waals surface area contributed by atoms with Crippen molar-refractivity contribution in [1.29, 1.82) is 0 Å². The maximum Gasteiger partial charge on any atom is 0.256 e. The van der Waals surface area contributed by atoms with Crippen LogP contribution in [0.15, 0.2) is 60.8 Å². The number of carbonyl (C=O) groups is 1. The van der Waals surface area contributed by atoms with Crippen LogP contribution < -0.4 is 14.8 Å². The van der Waals surface area contributed by atoms with Crippen LogP contribution in [0.2, 0.25) is 0 Å². The van der Waals surface area contributed by atoms with Crippen molar-refractivity contribution in [2.24, 2.45) is 0 Å². The van der Waals surface area contributed by atoms with E-state index in [4.69, 9.17) is 14.5 Å². The molecule has 30 heavy (non-hydrogen) atoms. The molecule has 7 heteroatoms. The Morgan fingerprint density at radius 1 is 1.03 bits per heavy atom. The number of ether oxygens (including phenoxy) is 2. The normalized spacial score (nSPS) is 10.8. The van der Waals surface area contributed by atoms with Gasteiger partial charge in [-0.25, -0.2) is 9.67 Å². The second-order valence-corrected chi connectivity index (χ2v) is 6.64. The number of nitrogens with one attached hydrogen (secondary N) is 1. The van der Waals surface area contributed by atoms with Gasteiger partial charge in [0.05, 0.1) is 37.1 Å². The zero-order valence-electron chi connectivity index (χ0n) is 17.0. The first-order chi connectivity index (χ1) is 14.6. The number of hydrogen-bond donors (Lipinski definition) is 1. The number of amides is 1.